The van der Waals surface area contributed by atoms with Gasteiger partial charge in [0.2, 0.25) is 0 Å². The zero-order valence-electron chi connectivity index (χ0n) is 11.6. The van der Waals surface area contributed by atoms with Crippen LogP contribution in [0.15, 0.2) is 18.3 Å². The van der Waals surface area contributed by atoms with Crippen LogP contribution in [0.25, 0.3) is 0 Å². The Bertz CT molecular complexity index is 356. The molecule has 1 heterocycles. The SMILES string of the molecule is Cc1cccnc1CC(N)CCC1CCCCC1. The number of nitrogens with zero attached hydrogens (tertiary/aromatic N) is 1. The maximum atomic E-state index is 6.25. The van der Waals surface area contributed by atoms with Crippen LogP contribution in [0, 0.1) is 12.8 Å². The van der Waals surface area contributed by atoms with Crippen molar-refractivity contribution in [3.05, 3.63) is 29.6 Å². The van der Waals surface area contributed by atoms with Crippen molar-refractivity contribution < 1.29 is 0 Å². The second-order valence-corrected chi connectivity index (χ2v) is 5.81. The first-order valence-corrected chi connectivity index (χ1v) is 7.42. The lowest BCUT2D eigenvalue weighted by Crippen LogP contribution is -2.25. The van der Waals surface area contributed by atoms with Crippen LogP contribution in [0.5, 0.6) is 0 Å². The van der Waals surface area contributed by atoms with Gasteiger partial charge in [-0.1, -0.05) is 38.2 Å². The van der Waals surface area contributed by atoms with Crippen LogP contribution in [0.4, 0.5) is 0 Å². The van der Waals surface area contributed by atoms with Gasteiger partial charge in [0.1, 0.15) is 0 Å². The molecule has 0 amide bonds. The van der Waals surface area contributed by atoms with E-state index in [9.17, 15) is 0 Å². The van der Waals surface area contributed by atoms with E-state index in [1.807, 2.05) is 12.3 Å². The summed E-state index contributed by atoms with van der Waals surface area (Å²) < 4.78 is 0. The molecule has 1 saturated carbocycles. The fourth-order valence-corrected chi connectivity index (χ4v) is 3.01. The Hall–Kier alpha value is -0.890. The molecule has 1 aliphatic rings. The summed E-state index contributed by atoms with van der Waals surface area (Å²) in [6.07, 6.45) is 12.4. The van der Waals surface area contributed by atoms with Crippen LogP contribution < -0.4 is 5.73 Å². The maximum Gasteiger partial charge on any atom is 0.0448 e. The highest BCUT2D eigenvalue weighted by Crippen LogP contribution is 2.27. The van der Waals surface area contributed by atoms with Crippen LogP contribution in [-0.2, 0) is 6.42 Å². The number of aromatic nitrogens is 1. The van der Waals surface area contributed by atoms with Crippen molar-refractivity contribution >= 4 is 0 Å². The molecule has 1 fully saturated rings. The first-order chi connectivity index (χ1) is 8.75. The van der Waals surface area contributed by atoms with Crippen molar-refractivity contribution in [2.24, 2.45) is 11.7 Å². The Labute approximate surface area is 111 Å². The van der Waals surface area contributed by atoms with E-state index in [2.05, 4.69) is 18.0 Å². The van der Waals surface area contributed by atoms with E-state index in [4.69, 9.17) is 5.73 Å². The van der Waals surface area contributed by atoms with Crippen molar-refractivity contribution in [1.82, 2.24) is 4.98 Å². The number of hydrogen-bond donors (Lipinski definition) is 1. The molecule has 1 aromatic rings. The van der Waals surface area contributed by atoms with Crippen LogP contribution >= 0.6 is 0 Å². The first kappa shape index (κ1) is 13.5. The molecule has 2 N–H and O–H groups in total. The molecular weight excluding hydrogens is 220 g/mol. The maximum absolute atomic E-state index is 6.25. The van der Waals surface area contributed by atoms with Gasteiger partial charge in [0, 0.05) is 24.4 Å². The fraction of sp³-hybridized carbons (Fsp3) is 0.688. The third kappa shape index (κ3) is 4.09. The molecule has 0 radical (unpaired) electrons. The lowest BCUT2D eigenvalue weighted by atomic mass is 9.85. The summed E-state index contributed by atoms with van der Waals surface area (Å²) in [6, 6.07) is 4.39. The van der Waals surface area contributed by atoms with E-state index >= 15 is 0 Å². The molecule has 100 valence electrons. The number of rotatable bonds is 5. The molecular formula is C16H26N2. The highest BCUT2D eigenvalue weighted by atomic mass is 14.7. The minimum Gasteiger partial charge on any atom is -0.327 e. The summed E-state index contributed by atoms with van der Waals surface area (Å²) >= 11 is 0. The summed E-state index contributed by atoms with van der Waals surface area (Å²) in [6.45, 7) is 2.12. The van der Waals surface area contributed by atoms with Crippen LogP contribution in [0.1, 0.15) is 56.2 Å². The van der Waals surface area contributed by atoms with E-state index in [1.165, 1.54) is 49.8 Å². The minimum atomic E-state index is 0.278. The zero-order valence-corrected chi connectivity index (χ0v) is 11.6. The molecule has 18 heavy (non-hydrogen) atoms. The monoisotopic (exact) mass is 246 g/mol. The van der Waals surface area contributed by atoms with Crippen molar-refractivity contribution in [2.75, 3.05) is 0 Å². The molecule has 0 bridgehead atoms. The Kier molecular flexibility index (Phi) is 5.18. The van der Waals surface area contributed by atoms with Gasteiger partial charge in [-0.3, -0.25) is 4.98 Å². The Morgan fingerprint density at radius 1 is 1.33 bits per heavy atom. The normalized spacial score (nSPS) is 18.8. The molecule has 2 rings (SSSR count). The molecule has 0 spiro atoms. The van der Waals surface area contributed by atoms with Crippen molar-refractivity contribution in [3.8, 4) is 0 Å². The largest absolute Gasteiger partial charge is 0.327 e. The fourth-order valence-electron chi connectivity index (χ4n) is 3.01. The summed E-state index contributed by atoms with van der Waals surface area (Å²) in [5.74, 6) is 0.939. The average molecular weight is 246 g/mol. The molecule has 0 aromatic carbocycles. The standard InChI is InChI=1S/C16H26N2/c1-13-6-5-11-18-16(13)12-15(17)10-9-14-7-3-2-4-8-14/h5-6,11,14-15H,2-4,7-10,12,17H2,1H3. The van der Waals surface area contributed by atoms with Gasteiger partial charge in [0.25, 0.3) is 0 Å². The van der Waals surface area contributed by atoms with E-state index in [0.717, 1.165) is 18.8 Å². The molecule has 0 aliphatic heterocycles. The molecule has 0 saturated heterocycles. The third-order valence-electron chi connectivity index (χ3n) is 4.24. The highest BCUT2D eigenvalue weighted by molar-refractivity contribution is 5.18. The number of nitrogens with two attached hydrogens (primary N) is 1. The van der Waals surface area contributed by atoms with Crippen molar-refractivity contribution in [3.63, 3.8) is 0 Å². The molecule has 1 atom stereocenters. The Balaban J connectivity index is 1.74. The molecule has 1 unspecified atom stereocenters. The number of pyridine rings is 1. The van der Waals surface area contributed by atoms with Gasteiger partial charge in [-0.25, -0.2) is 0 Å². The molecule has 2 heteroatoms. The summed E-state index contributed by atoms with van der Waals surface area (Å²) in [5, 5.41) is 0. The van der Waals surface area contributed by atoms with Crippen LogP contribution in [0.3, 0.4) is 0 Å². The van der Waals surface area contributed by atoms with E-state index in [-0.39, 0.29) is 6.04 Å². The zero-order chi connectivity index (χ0) is 12.8. The Morgan fingerprint density at radius 3 is 2.83 bits per heavy atom. The average Bonchev–Trinajstić information content (AvgIpc) is 2.40. The second-order valence-electron chi connectivity index (χ2n) is 5.81. The highest BCUT2D eigenvalue weighted by Gasteiger charge is 2.15. The van der Waals surface area contributed by atoms with Gasteiger partial charge in [-0.05, 0) is 37.3 Å². The smallest absolute Gasteiger partial charge is 0.0448 e. The topological polar surface area (TPSA) is 38.9 Å². The molecule has 1 aromatic heterocycles. The van der Waals surface area contributed by atoms with Gasteiger partial charge in [0.15, 0.2) is 0 Å². The van der Waals surface area contributed by atoms with Crippen LogP contribution in [-0.4, -0.2) is 11.0 Å². The second kappa shape index (κ2) is 6.89. The predicted molar refractivity (Wildman–Crippen MR) is 76.5 cm³/mol. The van der Waals surface area contributed by atoms with Gasteiger partial charge < -0.3 is 5.73 Å². The van der Waals surface area contributed by atoms with Crippen molar-refractivity contribution in [1.29, 1.82) is 0 Å². The summed E-state index contributed by atoms with van der Waals surface area (Å²) in [7, 11) is 0. The Morgan fingerprint density at radius 2 is 2.11 bits per heavy atom. The van der Waals surface area contributed by atoms with Crippen molar-refractivity contribution in [2.45, 2.75) is 64.3 Å². The van der Waals surface area contributed by atoms with E-state index in [0.29, 0.717) is 0 Å². The number of aryl methyl sites for hydroxylation is 1. The van der Waals surface area contributed by atoms with Gasteiger partial charge in [-0.15, -0.1) is 0 Å². The van der Waals surface area contributed by atoms with E-state index < -0.39 is 0 Å². The summed E-state index contributed by atoms with van der Waals surface area (Å²) in [5.41, 5.74) is 8.70. The van der Waals surface area contributed by atoms with Gasteiger partial charge >= 0.3 is 0 Å². The molecule has 1 aliphatic carbocycles. The van der Waals surface area contributed by atoms with Gasteiger partial charge in [0.05, 0.1) is 0 Å². The van der Waals surface area contributed by atoms with Gasteiger partial charge in [-0.2, -0.15) is 0 Å². The van der Waals surface area contributed by atoms with E-state index in [1.54, 1.807) is 0 Å². The lowest BCUT2D eigenvalue weighted by Gasteiger charge is -2.23. The lowest BCUT2D eigenvalue weighted by molar-refractivity contribution is 0.322. The third-order valence-corrected chi connectivity index (χ3v) is 4.24. The first-order valence-electron chi connectivity index (χ1n) is 7.42. The summed E-state index contributed by atoms with van der Waals surface area (Å²) in [4.78, 5) is 4.43. The minimum absolute atomic E-state index is 0.278. The number of hydrogen-bond acceptors (Lipinski definition) is 2. The quantitative estimate of drug-likeness (QED) is 0.861. The predicted octanol–water partition coefficient (Wildman–Crippen LogP) is 3.62. The van der Waals surface area contributed by atoms with Crippen LogP contribution in [0.2, 0.25) is 0 Å². The molecule has 2 nitrogen and oxygen atoms in total.